The molecule has 2 heterocycles. The lowest BCUT2D eigenvalue weighted by molar-refractivity contribution is -0.156. The van der Waals surface area contributed by atoms with Crippen molar-refractivity contribution < 1.29 is 28.9 Å². The molecule has 1 aromatic carbocycles. The number of esters is 1. The summed E-state index contributed by atoms with van der Waals surface area (Å²) in [4.78, 5) is 25.1. The summed E-state index contributed by atoms with van der Waals surface area (Å²) in [6, 6.07) is 2.66. The summed E-state index contributed by atoms with van der Waals surface area (Å²) >= 11 is 0. The second-order valence-corrected chi connectivity index (χ2v) is 7.78. The highest BCUT2D eigenvalue weighted by Gasteiger charge is 2.42. The number of ether oxygens (including phenoxy) is 2. The number of benzene rings is 1. The van der Waals surface area contributed by atoms with Gasteiger partial charge in [-0.1, -0.05) is 6.08 Å². The molecule has 0 radical (unpaired) electrons. The number of nitrogens with one attached hydrogen (secondary N) is 1. The second-order valence-electron chi connectivity index (χ2n) is 7.78. The summed E-state index contributed by atoms with van der Waals surface area (Å²) in [5.74, 6) is -0.268. The lowest BCUT2D eigenvalue weighted by Gasteiger charge is -2.39. The van der Waals surface area contributed by atoms with E-state index >= 15 is 0 Å². The molecule has 0 aliphatic carbocycles. The molecule has 0 fully saturated rings. The molecule has 3 N–H and O–H groups in total. The Labute approximate surface area is 174 Å². The van der Waals surface area contributed by atoms with Crippen LogP contribution < -0.4 is 15.5 Å². The fraction of sp³-hybridized carbons (Fsp3) is 0.455. The van der Waals surface area contributed by atoms with Gasteiger partial charge in [0.2, 0.25) is 0 Å². The minimum atomic E-state index is -0.875. The molecule has 162 valence electrons. The highest BCUT2D eigenvalue weighted by atomic mass is 16.6. The van der Waals surface area contributed by atoms with Crippen molar-refractivity contribution in [1.29, 1.82) is 0 Å². The molecule has 0 bridgehead atoms. The van der Waals surface area contributed by atoms with Gasteiger partial charge in [-0.3, -0.25) is 4.79 Å². The SMILES string of the molecule is CC=C(CCNC)C(=O)O[C@H]1Cc2c(cc3oc(CO)cc(=O)c3c2O)OC1(C)C. The van der Waals surface area contributed by atoms with Gasteiger partial charge < -0.3 is 29.4 Å². The highest BCUT2D eigenvalue weighted by Crippen LogP contribution is 2.43. The molecule has 0 saturated heterocycles. The number of phenolic OH excluding ortho intramolecular Hbond substituents is 1. The summed E-state index contributed by atoms with van der Waals surface area (Å²) in [6.07, 6.45) is 1.76. The van der Waals surface area contributed by atoms with Gasteiger partial charge in [0.05, 0.1) is 0 Å². The van der Waals surface area contributed by atoms with E-state index in [0.29, 0.717) is 29.9 Å². The highest BCUT2D eigenvalue weighted by molar-refractivity contribution is 5.89. The minimum Gasteiger partial charge on any atom is -0.507 e. The number of fused-ring (bicyclic) bond motifs is 2. The number of rotatable bonds is 6. The van der Waals surface area contributed by atoms with Gasteiger partial charge in [-0.2, -0.15) is 0 Å². The van der Waals surface area contributed by atoms with Gasteiger partial charge in [-0.15, -0.1) is 0 Å². The van der Waals surface area contributed by atoms with Crippen LogP contribution in [0.1, 0.15) is 38.5 Å². The number of allylic oxidation sites excluding steroid dienone is 1. The zero-order chi connectivity index (χ0) is 22.1. The molecule has 30 heavy (non-hydrogen) atoms. The van der Waals surface area contributed by atoms with Crippen LogP contribution in [-0.4, -0.2) is 41.5 Å². The van der Waals surface area contributed by atoms with Crippen LogP contribution in [0.5, 0.6) is 11.5 Å². The Morgan fingerprint density at radius 1 is 1.40 bits per heavy atom. The zero-order valence-electron chi connectivity index (χ0n) is 17.6. The van der Waals surface area contributed by atoms with Crippen LogP contribution in [0.15, 0.2) is 33.0 Å². The lowest BCUT2D eigenvalue weighted by Crippen LogP contribution is -2.49. The van der Waals surface area contributed by atoms with E-state index < -0.39 is 29.7 Å². The van der Waals surface area contributed by atoms with Crippen LogP contribution in [0.3, 0.4) is 0 Å². The summed E-state index contributed by atoms with van der Waals surface area (Å²) in [7, 11) is 1.81. The fourth-order valence-electron chi connectivity index (χ4n) is 3.53. The van der Waals surface area contributed by atoms with E-state index in [1.54, 1.807) is 33.9 Å². The summed E-state index contributed by atoms with van der Waals surface area (Å²) in [5.41, 5.74) is -0.300. The van der Waals surface area contributed by atoms with Crippen molar-refractivity contribution in [3.8, 4) is 11.5 Å². The third kappa shape index (κ3) is 4.06. The van der Waals surface area contributed by atoms with Crippen LogP contribution in [0.25, 0.3) is 11.0 Å². The van der Waals surface area contributed by atoms with E-state index in [0.717, 1.165) is 6.07 Å². The average molecular weight is 417 g/mol. The third-order valence-electron chi connectivity index (χ3n) is 5.31. The van der Waals surface area contributed by atoms with Crippen molar-refractivity contribution in [3.05, 3.63) is 45.3 Å². The van der Waals surface area contributed by atoms with Crippen LogP contribution in [0.4, 0.5) is 0 Å². The van der Waals surface area contributed by atoms with Gasteiger partial charge in [0.15, 0.2) is 5.43 Å². The number of aliphatic hydroxyl groups excluding tert-OH is 1. The number of aromatic hydroxyl groups is 1. The van der Waals surface area contributed by atoms with Crippen LogP contribution in [0, 0.1) is 0 Å². The van der Waals surface area contributed by atoms with Crippen LogP contribution in [-0.2, 0) is 22.6 Å². The quantitative estimate of drug-likeness (QED) is 0.483. The maximum absolute atomic E-state index is 12.6. The van der Waals surface area contributed by atoms with Gasteiger partial charge in [-0.05, 0) is 40.8 Å². The molecule has 8 heteroatoms. The molecule has 0 amide bonds. The van der Waals surface area contributed by atoms with Crippen molar-refractivity contribution in [2.24, 2.45) is 0 Å². The molecule has 1 atom stereocenters. The molecular formula is C22H27NO7. The number of carbonyl (C=O) groups excluding carboxylic acids is 1. The molecule has 1 aromatic heterocycles. The largest absolute Gasteiger partial charge is 0.507 e. The zero-order valence-corrected chi connectivity index (χ0v) is 17.6. The standard InChI is InChI=1S/C22H27NO7/c1-5-12(6-7-23-4)21(27)29-18-9-14-16(30-22(18,2)3)10-17-19(20(14)26)15(25)8-13(11-24)28-17/h5,8,10,18,23-24,26H,6-7,9,11H2,1-4H3/t18-/m0/s1. The predicted octanol–water partition coefficient (Wildman–Crippen LogP) is 2.17. The number of hydrogen-bond donors (Lipinski definition) is 3. The van der Waals surface area contributed by atoms with Gasteiger partial charge in [0.1, 0.15) is 46.5 Å². The maximum Gasteiger partial charge on any atom is 0.334 e. The van der Waals surface area contributed by atoms with Gasteiger partial charge in [0.25, 0.3) is 0 Å². The normalized spacial score (nSPS) is 18.0. The first-order valence-electron chi connectivity index (χ1n) is 9.84. The van der Waals surface area contributed by atoms with E-state index in [1.807, 2.05) is 0 Å². The first-order chi connectivity index (χ1) is 14.2. The molecule has 8 nitrogen and oxygen atoms in total. The molecular weight excluding hydrogens is 390 g/mol. The molecule has 0 unspecified atom stereocenters. The Morgan fingerprint density at radius 2 is 2.13 bits per heavy atom. The number of hydrogen-bond acceptors (Lipinski definition) is 8. The van der Waals surface area contributed by atoms with Gasteiger partial charge in [0, 0.05) is 29.7 Å². The Hall–Kier alpha value is -2.84. The first kappa shape index (κ1) is 21.9. The van der Waals surface area contributed by atoms with E-state index in [4.69, 9.17) is 13.9 Å². The Kier molecular flexibility index (Phi) is 6.19. The predicted molar refractivity (Wildman–Crippen MR) is 111 cm³/mol. The molecule has 1 aliphatic rings. The fourth-order valence-corrected chi connectivity index (χ4v) is 3.53. The van der Waals surface area contributed by atoms with Gasteiger partial charge >= 0.3 is 5.97 Å². The van der Waals surface area contributed by atoms with Crippen LogP contribution >= 0.6 is 0 Å². The van der Waals surface area contributed by atoms with E-state index in [-0.39, 0.29) is 28.9 Å². The van der Waals surface area contributed by atoms with Crippen molar-refractivity contribution in [1.82, 2.24) is 5.32 Å². The lowest BCUT2D eigenvalue weighted by atomic mass is 9.89. The molecule has 2 aromatic rings. The maximum atomic E-state index is 12.6. The average Bonchev–Trinajstić information content (AvgIpc) is 2.68. The monoisotopic (exact) mass is 417 g/mol. The minimum absolute atomic E-state index is 0.00231. The van der Waals surface area contributed by atoms with E-state index in [9.17, 15) is 19.8 Å². The van der Waals surface area contributed by atoms with Crippen molar-refractivity contribution in [3.63, 3.8) is 0 Å². The summed E-state index contributed by atoms with van der Waals surface area (Å²) < 4.78 is 17.3. The molecule has 0 spiro atoms. The molecule has 3 rings (SSSR count). The Balaban J connectivity index is 1.98. The first-order valence-corrected chi connectivity index (χ1v) is 9.84. The number of phenols is 1. The van der Waals surface area contributed by atoms with E-state index in [2.05, 4.69) is 5.32 Å². The van der Waals surface area contributed by atoms with Crippen LogP contribution in [0.2, 0.25) is 0 Å². The topological polar surface area (TPSA) is 118 Å². The second kappa shape index (κ2) is 8.49. The van der Waals surface area contributed by atoms with Crippen molar-refractivity contribution >= 4 is 16.9 Å². The van der Waals surface area contributed by atoms with E-state index in [1.165, 1.54) is 6.07 Å². The smallest absolute Gasteiger partial charge is 0.334 e. The molecule has 1 aliphatic heterocycles. The number of carbonyl (C=O) groups is 1. The molecule has 0 saturated carbocycles. The Bertz CT molecular complexity index is 1050. The van der Waals surface area contributed by atoms with Crippen molar-refractivity contribution in [2.45, 2.75) is 51.9 Å². The third-order valence-corrected chi connectivity index (χ3v) is 5.31. The Morgan fingerprint density at radius 3 is 2.77 bits per heavy atom. The van der Waals surface area contributed by atoms with Gasteiger partial charge in [-0.25, -0.2) is 4.79 Å². The van der Waals surface area contributed by atoms with Crippen molar-refractivity contribution in [2.75, 3.05) is 13.6 Å². The summed E-state index contributed by atoms with van der Waals surface area (Å²) in [6.45, 7) is 5.56. The number of aliphatic hydroxyl groups is 1. The summed E-state index contributed by atoms with van der Waals surface area (Å²) in [5, 5.41) is 23.0.